The minimum absolute atomic E-state index is 0.989. The monoisotopic (exact) mass is 774 g/mol. The largest absolute Gasteiger partial charge is 0.217 e. The summed E-state index contributed by atoms with van der Waals surface area (Å²) in [6, 6.07) is 59.6. The fourth-order valence-electron chi connectivity index (χ4n) is 11.7. The third kappa shape index (κ3) is 5.68. The molecule has 2 heterocycles. The van der Waals surface area contributed by atoms with Crippen molar-refractivity contribution in [3.63, 3.8) is 0 Å². The molecular formula is C58H50N2+2. The summed E-state index contributed by atoms with van der Waals surface area (Å²) >= 11 is 0. The van der Waals surface area contributed by atoms with Crippen LogP contribution in [0, 0.1) is 0 Å². The van der Waals surface area contributed by atoms with Crippen LogP contribution in [0.3, 0.4) is 0 Å². The Morgan fingerprint density at radius 2 is 0.550 bits per heavy atom. The van der Waals surface area contributed by atoms with Crippen molar-refractivity contribution in [2.75, 3.05) is 0 Å². The first-order chi connectivity index (χ1) is 29.8. The highest BCUT2D eigenvalue weighted by Gasteiger charge is 2.40. The highest BCUT2D eigenvalue weighted by atomic mass is 15.0. The number of hydrogen-bond donors (Lipinski definition) is 0. The van der Waals surface area contributed by atoms with E-state index in [4.69, 9.17) is 0 Å². The lowest BCUT2D eigenvalue weighted by Crippen LogP contribution is -2.45. The van der Waals surface area contributed by atoms with Gasteiger partial charge in [-0.15, -0.1) is 0 Å². The number of fused-ring (bicyclic) bond motifs is 12. The van der Waals surface area contributed by atoms with Gasteiger partial charge < -0.3 is 0 Å². The number of aryl methyl sites for hydroxylation is 4. The van der Waals surface area contributed by atoms with E-state index in [2.05, 4.69) is 167 Å². The molecule has 60 heavy (non-hydrogen) atoms. The maximum Gasteiger partial charge on any atom is 0.217 e. The highest BCUT2D eigenvalue weighted by molar-refractivity contribution is 5.87. The van der Waals surface area contributed by atoms with Crippen molar-refractivity contribution in [2.45, 2.75) is 77.3 Å². The number of rotatable bonds is 7. The third-order valence-corrected chi connectivity index (χ3v) is 14.2. The van der Waals surface area contributed by atoms with Crippen LogP contribution in [0.15, 0.2) is 158 Å². The van der Waals surface area contributed by atoms with Gasteiger partial charge in [-0.3, -0.25) is 0 Å². The van der Waals surface area contributed by atoms with Gasteiger partial charge in [0, 0.05) is 68.5 Å². The van der Waals surface area contributed by atoms with Gasteiger partial charge in [-0.2, -0.15) is 9.13 Å². The van der Waals surface area contributed by atoms with Crippen LogP contribution in [-0.4, -0.2) is 0 Å². The Balaban J connectivity index is 1.02. The zero-order chi connectivity index (χ0) is 39.6. The molecule has 0 saturated heterocycles. The Labute approximate surface area is 354 Å². The van der Waals surface area contributed by atoms with E-state index in [0.717, 1.165) is 77.3 Å². The topological polar surface area (TPSA) is 7.76 Å². The number of nitrogens with zero attached hydrogens (tertiary/aromatic N) is 2. The van der Waals surface area contributed by atoms with Crippen molar-refractivity contribution in [2.24, 2.45) is 0 Å². The quantitative estimate of drug-likeness (QED) is 0.113. The molecule has 0 aliphatic heterocycles. The Bertz CT molecular complexity index is 2620. The van der Waals surface area contributed by atoms with Crippen molar-refractivity contribution in [1.82, 2.24) is 0 Å². The van der Waals surface area contributed by atoms with Crippen molar-refractivity contribution in [3.8, 4) is 67.3 Å². The van der Waals surface area contributed by atoms with Gasteiger partial charge in [0.05, 0.1) is 0 Å². The maximum atomic E-state index is 2.80. The summed E-state index contributed by atoms with van der Waals surface area (Å²) in [6.45, 7) is 1.98. The van der Waals surface area contributed by atoms with E-state index in [9.17, 15) is 0 Å². The van der Waals surface area contributed by atoms with E-state index in [1.54, 1.807) is 22.3 Å². The zero-order valence-corrected chi connectivity index (χ0v) is 34.4. The summed E-state index contributed by atoms with van der Waals surface area (Å²) in [6.07, 6.45) is 10.9. The minimum Gasteiger partial charge on any atom is -0.191 e. The molecule has 0 radical (unpaired) electrons. The molecule has 0 fully saturated rings. The molecule has 2 heteroatoms. The lowest BCUT2D eigenvalue weighted by molar-refractivity contribution is -0.687. The van der Waals surface area contributed by atoms with Gasteiger partial charge in [-0.1, -0.05) is 133 Å². The highest BCUT2D eigenvalue weighted by Crippen LogP contribution is 2.47. The average Bonchev–Trinajstić information content (AvgIpc) is 3.32. The second-order valence-corrected chi connectivity index (χ2v) is 17.4. The zero-order valence-electron chi connectivity index (χ0n) is 34.4. The first-order valence-electron chi connectivity index (χ1n) is 22.5. The fourth-order valence-corrected chi connectivity index (χ4v) is 11.7. The summed E-state index contributed by atoms with van der Waals surface area (Å²) in [5, 5.41) is 0. The molecule has 4 aliphatic carbocycles. The molecule has 0 unspecified atom stereocenters. The lowest BCUT2D eigenvalue weighted by Gasteiger charge is -2.29. The first kappa shape index (κ1) is 35.6. The van der Waals surface area contributed by atoms with Crippen LogP contribution >= 0.6 is 0 Å². The van der Waals surface area contributed by atoms with Gasteiger partial charge in [-0.05, 0) is 109 Å². The summed E-state index contributed by atoms with van der Waals surface area (Å²) in [5.41, 5.74) is 29.3. The number of pyridine rings is 2. The molecule has 0 bridgehead atoms. The molecule has 0 spiro atoms. The third-order valence-electron chi connectivity index (χ3n) is 14.2. The molecule has 2 nitrogen and oxygen atoms in total. The second-order valence-electron chi connectivity index (χ2n) is 17.4. The van der Waals surface area contributed by atoms with Gasteiger partial charge in [0.2, 0.25) is 22.8 Å². The summed E-state index contributed by atoms with van der Waals surface area (Å²) in [4.78, 5) is 0. The van der Waals surface area contributed by atoms with Gasteiger partial charge >= 0.3 is 0 Å². The molecule has 6 aromatic carbocycles. The van der Waals surface area contributed by atoms with Crippen LogP contribution in [0.2, 0.25) is 0 Å². The standard InChI is InChI=1S/C58H50N2/c1-3-21-43(22-4-1)53-49-33-29-39-17-7-11-25-45(39)55(49)59(56-46-26-12-8-18-40(46)30-34-50(53)56)37-15-16-38-60-57-47-27-13-9-19-41(47)31-35-51(57)54(44-23-5-2-6-24-44)52-36-32-42-20-10-14-28-48(42)58(52)60/h1-14,17-28H,15-16,29-38H2/q+2. The van der Waals surface area contributed by atoms with Crippen LogP contribution in [0.25, 0.3) is 67.3 Å². The summed E-state index contributed by atoms with van der Waals surface area (Å²) in [7, 11) is 0. The Morgan fingerprint density at radius 1 is 0.283 bits per heavy atom. The number of aromatic nitrogens is 2. The number of unbranched alkanes of at least 4 members (excludes halogenated alkanes) is 1. The average molecular weight is 775 g/mol. The molecule has 0 saturated carbocycles. The van der Waals surface area contributed by atoms with Crippen LogP contribution in [0.1, 0.15) is 57.3 Å². The molecular weight excluding hydrogens is 725 g/mol. The number of benzene rings is 6. The normalized spacial score (nSPS) is 14.1. The van der Waals surface area contributed by atoms with Crippen molar-refractivity contribution >= 4 is 0 Å². The fraction of sp³-hybridized carbons (Fsp3) is 0.207. The van der Waals surface area contributed by atoms with Crippen LogP contribution in [0.5, 0.6) is 0 Å². The molecule has 290 valence electrons. The number of hydrogen-bond acceptors (Lipinski definition) is 0. The van der Waals surface area contributed by atoms with E-state index in [-0.39, 0.29) is 0 Å². The molecule has 4 aliphatic rings. The van der Waals surface area contributed by atoms with Gasteiger partial charge in [-0.25, -0.2) is 0 Å². The molecule has 0 amide bonds. The molecule has 12 rings (SSSR count). The van der Waals surface area contributed by atoms with Crippen LogP contribution in [-0.2, 0) is 64.5 Å². The van der Waals surface area contributed by atoms with E-state index in [0.29, 0.717) is 0 Å². The Kier molecular flexibility index (Phi) is 8.72. The minimum atomic E-state index is 0.989. The SMILES string of the molecule is c1ccc(-c2c3c([n+](CCCC[n+]4c5c(c(-c6ccccc6)c6c4-c4ccccc4CC6)CCc4ccccc4-5)c4c2CCc2ccccc2-4)-c2ccccc2CC3)cc1. The van der Waals surface area contributed by atoms with E-state index in [1.807, 2.05) is 0 Å². The van der Waals surface area contributed by atoms with E-state index < -0.39 is 0 Å². The first-order valence-corrected chi connectivity index (χ1v) is 22.5. The van der Waals surface area contributed by atoms with Gasteiger partial charge in [0.1, 0.15) is 13.1 Å². The predicted octanol–water partition coefficient (Wildman–Crippen LogP) is 12.1. The van der Waals surface area contributed by atoms with Crippen molar-refractivity contribution in [3.05, 3.63) is 202 Å². The Morgan fingerprint density at radius 3 is 0.850 bits per heavy atom. The van der Waals surface area contributed by atoms with Crippen LogP contribution < -0.4 is 9.13 Å². The molecule has 2 aromatic heterocycles. The lowest BCUT2D eigenvalue weighted by atomic mass is 9.77. The predicted molar refractivity (Wildman–Crippen MR) is 245 cm³/mol. The Hall–Kier alpha value is -6.38. The van der Waals surface area contributed by atoms with Crippen molar-refractivity contribution in [1.29, 1.82) is 0 Å². The summed E-state index contributed by atoms with van der Waals surface area (Å²) < 4.78 is 5.59. The maximum absolute atomic E-state index is 2.80. The molecule has 0 N–H and O–H groups in total. The summed E-state index contributed by atoms with van der Waals surface area (Å²) in [5.74, 6) is 0. The van der Waals surface area contributed by atoms with Gasteiger partial charge in [0.15, 0.2) is 0 Å². The van der Waals surface area contributed by atoms with Crippen LogP contribution in [0.4, 0.5) is 0 Å². The molecule has 8 aromatic rings. The molecule has 0 atom stereocenters. The second kappa shape index (κ2) is 14.7. The van der Waals surface area contributed by atoms with Crippen molar-refractivity contribution < 1.29 is 9.13 Å². The smallest absolute Gasteiger partial charge is 0.191 e. The van der Waals surface area contributed by atoms with Gasteiger partial charge in [0.25, 0.3) is 0 Å². The van der Waals surface area contributed by atoms with E-state index in [1.165, 1.54) is 89.5 Å². The van der Waals surface area contributed by atoms with E-state index >= 15 is 0 Å².